The minimum absolute atomic E-state index is 0.354. The van der Waals surface area contributed by atoms with Crippen LogP contribution in [-0.4, -0.2) is 61.9 Å². The number of nitrogens with zero attached hydrogens (tertiary/aromatic N) is 5. The molecule has 4 heterocycles. The summed E-state index contributed by atoms with van der Waals surface area (Å²) < 4.78 is 13.4. The zero-order valence-corrected chi connectivity index (χ0v) is 18.3. The van der Waals surface area contributed by atoms with Crippen LogP contribution in [-0.2, 0) is 6.54 Å². The molecule has 0 spiro atoms. The van der Waals surface area contributed by atoms with E-state index in [2.05, 4.69) is 14.5 Å². The first kappa shape index (κ1) is 20.7. The molecular formula is C21H24N6O4S. The van der Waals surface area contributed by atoms with E-state index >= 15 is 0 Å². The zero-order valence-electron chi connectivity index (χ0n) is 17.4. The number of hydrogen-bond acceptors (Lipinski definition) is 8. The second-order valence-electron chi connectivity index (χ2n) is 7.89. The van der Waals surface area contributed by atoms with Crippen molar-refractivity contribution >= 4 is 34.8 Å². The Morgan fingerprint density at radius 1 is 1.19 bits per heavy atom. The maximum absolute atomic E-state index is 11.2. The highest BCUT2D eigenvalue weighted by Crippen LogP contribution is 2.38. The number of ether oxygens (including phenoxy) is 2. The number of rotatable bonds is 5. The highest BCUT2D eigenvalue weighted by Gasteiger charge is 2.24. The molecule has 1 aromatic carbocycles. The summed E-state index contributed by atoms with van der Waals surface area (Å²) in [4.78, 5) is 26.9. The van der Waals surface area contributed by atoms with Crippen molar-refractivity contribution in [2.45, 2.75) is 35.9 Å². The number of carbonyl (C=O) groups is 1. The van der Waals surface area contributed by atoms with Crippen LogP contribution in [0.1, 0.15) is 19.3 Å². The van der Waals surface area contributed by atoms with Crippen LogP contribution in [0.2, 0.25) is 0 Å². The van der Waals surface area contributed by atoms with Gasteiger partial charge in [0.1, 0.15) is 19.5 Å². The van der Waals surface area contributed by atoms with Crippen LogP contribution in [0.25, 0.3) is 11.2 Å². The van der Waals surface area contributed by atoms with Gasteiger partial charge in [-0.05, 0) is 43.4 Å². The lowest BCUT2D eigenvalue weighted by molar-refractivity contribution is 0.122. The zero-order chi connectivity index (χ0) is 22.1. The van der Waals surface area contributed by atoms with Crippen molar-refractivity contribution in [2.24, 2.45) is 5.92 Å². The molecule has 11 heteroatoms. The van der Waals surface area contributed by atoms with Crippen molar-refractivity contribution in [2.75, 3.05) is 32.0 Å². The van der Waals surface area contributed by atoms with E-state index in [0.717, 1.165) is 47.4 Å². The molecule has 0 atom stereocenters. The Balaban J connectivity index is 1.37. The number of aromatic nitrogens is 4. The third kappa shape index (κ3) is 4.12. The van der Waals surface area contributed by atoms with Crippen LogP contribution in [0.5, 0.6) is 11.5 Å². The summed E-state index contributed by atoms with van der Waals surface area (Å²) in [5.41, 5.74) is 7.37. The van der Waals surface area contributed by atoms with Crippen molar-refractivity contribution in [3.05, 3.63) is 24.5 Å². The van der Waals surface area contributed by atoms with E-state index < -0.39 is 6.09 Å². The summed E-state index contributed by atoms with van der Waals surface area (Å²) in [5.74, 6) is 2.28. The molecule has 2 aromatic heterocycles. The lowest BCUT2D eigenvalue weighted by Gasteiger charge is -2.30. The summed E-state index contributed by atoms with van der Waals surface area (Å²) in [6.07, 6.45) is 3.26. The quantitative estimate of drug-likeness (QED) is 0.595. The third-order valence-corrected chi connectivity index (χ3v) is 6.88. The Labute approximate surface area is 188 Å². The first-order valence-electron chi connectivity index (χ1n) is 10.6. The number of likely N-dealkylation sites (tertiary alicyclic amines) is 1. The molecule has 3 N–H and O–H groups in total. The number of nitrogen functional groups attached to an aromatic ring is 1. The molecule has 3 aromatic rings. The number of imidazole rings is 1. The molecule has 168 valence electrons. The van der Waals surface area contributed by atoms with Gasteiger partial charge in [-0.2, -0.15) is 0 Å². The molecule has 2 aliphatic heterocycles. The van der Waals surface area contributed by atoms with Gasteiger partial charge < -0.3 is 29.8 Å². The first-order chi connectivity index (χ1) is 15.6. The molecule has 0 saturated carbocycles. The average molecular weight is 457 g/mol. The van der Waals surface area contributed by atoms with Gasteiger partial charge in [-0.1, -0.05) is 11.8 Å². The molecule has 0 aliphatic carbocycles. The minimum Gasteiger partial charge on any atom is -0.486 e. The fourth-order valence-corrected chi connectivity index (χ4v) is 5.07. The second-order valence-corrected chi connectivity index (χ2v) is 8.93. The maximum Gasteiger partial charge on any atom is 0.407 e. The van der Waals surface area contributed by atoms with Gasteiger partial charge in [0.25, 0.3) is 0 Å². The highest BCUT2D eigenvalue weighted by molar-refractivity contribution is 7.99. The summed E-state index contributed by atoms with van der Waals surface area (Å²) in [6.45, 7) is 2.97. The van der Waals surface area contributed by atoms with Gasteiger partial charge in [0.05, 0.1) is 0 Å². The number of anilines is 1. The molecule has 10 nitrogen and oxygen atoms in total. The van der Waals surface area contributed by atoms with Crippen molar-refractivity contribution in [3.8, 4) is 11.5 Å². The molecule has 0 bridgehead atoms. The highest BCUT2D eigenvalue weighted by atomic mass is 32.2. The predicted octanol–water partition coefficient (Wildman–Crippen LogP) is 3.11. The monoisotopic (exact) mass is 456 g/mol. The number of hydrogen-bond donors (Lipinski definition) is 2. The van der Waals surface area contributed by atoms with Gasteiger partial charge in [-0.15, -0.1) is 0 Å². The van der Waals surface area contributed by atoms with Gasteiger partial charge in [0, 0.05) is 24.5 Å². The lowest BCUT2D eigenvalue weighted by atomic mass is 9.94. The lowest BCUT2D eigenvalue weighted by Crippen LogP contribution is -2.37. The summed E-state index contributed by atoms with van der Waals surface area (Å²) in [6, 6.07) is 5.85. The van der Waals surface area contributed by atoms with Crippen LogP contribution >= 0.6 is 11.8 Å². The summed E-state index contributed by atoms with van der Waals surface area (Å²) in [5, 5.41) is 9.95. The molecule has 2 aliphatic rings. The van der Waals surface area contributed by atoms with Crippen LogP contribution in [0.15, 0.2) is 34.6 Å². The summed E-state index contributed by atoms with van der Waals surface area (Å²) >= 11 is 1.52. The molecule has 0 unspecified atom stereocenters. The van der Waals surface area contributed by atoms with Gasteiger partial charge in [0.2, 0.25) is 0 Å². The van der Waals surface area contributed by atoms with E-state index in [1.54, 1.807) is 0 Å². The van der Waals surface area contributed by atoms with Crippen molar-refractivity contribution in [1.29, 1.82) is 0 Å². The van der Waals surface area contributed by atoms with Gasteiger partial charge >= 0.3 is 6.09 Å². The average Bonchev–Trinajstić information content (AvgIpc) is 3.16. The van der Waals surface area contributed by atoms with E-state index in [4.69, 9.17) is 25.3 Å². The molecule has 1 amide bonds. The van der Waals surface area contributed by atoms with E-state index in [9.17, 15) is 4.79 Å². The molecule has 5 rings (SSSR count). The van der Waals surface area contributed by atoms with Crippen molar-refractivity contribution in [3.63, 3.8) is 0 Å². The number of amides is 1. The Kier molecular flexibility index (Phi) is 5.64. The fourth-order valence-electron chi connectivity index (χ4n) is 4.13. The Morgan fingerprint density at radius 2 is 1.97 bits per heavy atom. The maximum atomic E-state index is 11.2. The van der Waals surface area contributed by atoms with E-state index in [0.29, 0.717) is 49.2 Å². The normalized spacial score (nSPS) is 16.4. The molecule has 32 heavy (non-hydrogen) atoms. The summed E-state index contributed by atoms with van der Waals surface area (Å²) in [7, 11) is 0. The number of nitrogens with two attached hydrogens (primary N) is 1. The van der Waals surface area contributed by atoms with Crippen LogP contribution < -0.4 is 15.2 Å². The molecule has 1 fully saturated rings. The Morgan fingerprint density at radius 3 is 2.75 bits per heavy atom. The number of aryl methyl sites for hydroxylation is 1. The number of carboxylic acid groups (broad SMARTS) is 1. The Hall–Kier alpha value is -3.21. The number of fused-ring (bicyclic) bond motifs is 2. The topological polar surface area (TPSA) is 129 Å². The van der Waals surface area contributed by atoms with E-state index in [-0.39, 0.29) is 0 Å². The van der Waals surface area contributed by atoms with Gasteiger partial charge in [0.15, 0.2) is 33.6 Å². The second kappa shape index (κ2) is 8.73. The minimum atomic E-state index is -0.839. The van der Waals surface area contributed by atoms with Gasteiger partial charge in [-0.3, -0.25) is 0 Å². The Bertz CT molecular complexity index is 1140. The van der Waals surface area contributed by atoms with Crippen LogP contribution in [0.4, 0.5) is 10.6 Å². The number of piperidine rings is 1. The smallest absolute Gasteiger partial charge is 0.407 e. The predicted molar refractivity (Wildman–Crippen MR) is 118 cm³/mol. The van der Waals surface area contributed by atoms with Crippen LogP contribution in [0, 0.1) is 5.92 Å². The molecule has 1 saturated heterocycles. The van der Waals surface area contributed by atoms with E-state index in [1.165, 1.54) is 23.0 Å². The largest absolute Gasteiger partial charge is 0.486 e. The number of benzene rings is 1. The van der Waals surface area contributed by atoms with Crippen molar-refractivity contribution < 1.29 is 19.4 Å². The molecule has 0 radical (unpaired) electrons. The third-order valence-electron chi connectivity index (χ3n) is 5.89. The van der Waals surface area contributed by atoms with E-state index in [1.807, 2.05) is 18.2 Å². The first-order valence-corrected chi connectivity index (χ1v) is 11.4. The van der Waals surface area contributed by atoms with Crippen LogP contribution in [0.3, 0.4) is 0 Å². The van der Waals surface area contributed by atoms with Crippen molar-refractivity contribution in [1.82, 2.24) is 24.4 Å². The SMILES string of the molecule is Nc1ncnc2c1nc(Sc1ccc3c(c1)OCCO3)n2CCC1CCN(C(=O)O)CC1. The molecular weight excluding hydrogens is 432 g/mol. The standard InChI is InChI=1S/C21H24N6O4S/c22-18-17-19(24-12-23-18)27(8-5-13-3-6-26(7-4-13)21(28)29)20(25-17)32-14-1-2-15-16(11-14)31-10-9-30-15/h1-2,11-13H,3-10H2,(H,28,29)(H2,22,23,24). The van der Waals surface area contributed by atoms with Gasteiger partial charge in [-0.25, -0.2) is 19.7 Å². The fraction of sp³-hybridized carbons (Fsp3) is 0.429.